The van der Waals surface area contributed by atoms with Crippen molar-refractivity contribution in [3.63, 3.8) is 0 Å². The van der Waals surface area contributed by atoms with Crippen LogP contribution in [0.25, 0.3) is 0 Å². The van der Waals surface area contributed by atoms with E-state index in [1.54, 1.807) is 29.0 Å². The fraction of sp³-hybridized carbons (Fsp3) is 0.588. The Morgan fingerprint density at radius 2 is 2.00 bits per heavy atom. The quantitative estimate of drug-likeness (QED) is 0.874. The Balaban J connectivity index is 1.51. The summed E-state index contributed by atoms with van der Waals surface area (Å²) < 4.78 is 32.1. The number of carbonyl (C=O) groups is 1. The largest absolute Gasteiger partial charge is 0.497 e. The molecule has 0 aliphatic carbocycles. The first kappa shape index (κ1) is 17.1. The van der Waals surface area contributed by atoms with Gasteiger partial charge in [-0.3, -0.25) is 9.69 Å². The SMILES string of the molecule is COc1ccc(CC(=O)N2CC(N3CC(F)(F)C[C@H]3CO)C2)cc1. The summed E-state index contributed by atoms with van der Waals surface area (Å²) in [5.41, 5.74) is 0.894. The smallest absolute Gasteiger partial charge is 0.262 e. The molecule has 1 aromatic rings. The van der Waals surface area contributed by atoms with Gasteiger partial charge in [-0.1, -0.05) is 12.1 Å². The van der Waals surface area contributed by atoms with Crippen molar-refractivity contribution >= 4 is 5.91 Å². The van der Waals surface area contributed by atoms with Gasteiger partial charge in [0.15, 0.2) is 0 Å². The van der Waals surface area contributed by atoms with Gasteiger partial charge in [-0.15, -0.1) is 0 Å². The van der Waals surface area contributed by atoms with Crippen LogP contribution in [-0.4, -0.2) is 72.2 Å². The van der Waals surface area contributed by atoms with Crippen LogP contribution in [0.15, 0.2) is 24.3 Å². The number of ether oxygens (including phenoxy) is 1. The number of methoxy groups -OCH3 is 1. The number of aliphatic hydroxyl groups excluding tert-OH is 1. The molecule has 2 aliphatic heterocycles. The molecule has 0 saturated carbocycles. The van der Waals surface area contributed by atoms with Crippen molar-refractivity contribution < 1.29 is 23.4 Å². The number of hydrogen-bond acceptors (Lipinski definition) is 4. The molecule has 2 aliphatic rings. The summed E-state index contributed by atoms with van der Waals surface area (Å²) in [5.74, 6) is -2.02. The van der Waals surface area contributed by atoms with Crippen LogP contribution >= 0.6 is 0 Å². The maximum Gasteiger partial charge on any atom is 0.262 e. The molecule has 7 heteroatoms. The lowest BCUT2D eigenvalue weighted by atomic mass is 10.0. The normalized spacial score (nSPS) is 24.0. The topological polar surface area (TPSA) is 53.0 Å². The Morgan fingerprint density at radius 3 is 2.58 bits per heavy atom. The maximum atomic E-state index is 13.5. The van der Waals surface area contributed by atoms with Gasteiger partial charge in [0, 0.05) is 31.6 Å². The zero-order chi connectivity index (χ0) is 17.3. The summed E-state index contributed by atoms with van der Waals surface area (Å²) in [7, 11) is 1.59. The van der Waals surface area contributed by atoms with E-state index < -0.39 is 12.0 Å². The molecule has 3 rings (SSSR count). The summed E-state index contributed by atoms with van der Waals surface area (Å²) in [4.78, 5) is 15.6. The minimum absolute atomic E-state index is 0.0112. The van der Waals surface area contributed by atoms with E-state index in [-0.39, 0.29) is 37.9 Å². The number of benzene rings is 1. The number of rotatable bonds is 5. The van der Waals surface area contributed by atoms with E-state index in [9.17, 15) is 18.7 Å². The lowest BCUT2D eigenvalue weighted by Crippen LogP contribution is -2.62. The number of carbonyl (C=O) groups excluding carboxylic acids is 1. The summed E-state index contributed by atoms with van der Waals surface area (Å²) in [6.45, 7) is 0.290. The number of nitrogens with zero attached hydrogens (tertiary/aromatic N) is 2. The molecule has 0 unspecified atom stereocenters. The van der Waals surface area contributed by atoms with Gasteiger partial charge in [0.2, 0.25) is 5.91 Å². The van der Waals surface area contributed by atoms with Gasteiger partial charge < -0.3 is 14.7 Å². The van der Waals surface area contributed by atoms with Crippen molar-refractivity contribution in [3.05, 3.63) is 29.8 Å². The highest BCUT2D eigenvalue weighted by atomic mass is 19.3. The molecule has 2 fully saturated rings. The Morgan fingerprint density at radius 1 is 1.33 bits per heavy atom. The van der Waals surface area contributed by atoms with E-state index in [2.05, 4.69) is 0 Å². The number of amides is 1. The van der Waals surface area contributed by atoms with Crippen LogP contribution in [0.3, 0.4) is 0 Å². The van der Waals surface area contributed by atoms with Gasteiger partial charge in [0.1, 0.15) is 5.75 Å². The predicted molar refractivity (Wildman–Crippen MR) is 84.2 cm³/mol. The second-order valence-electron chi connectivity index (χ2n) is 6.55. The minimum atomic E-state index is -2.75. The Labute approximate surface area is 139 Å². The predicted octanol–water partition coefficient (Wildman–Crippen LogP) is 1.15. The van der Waals surface area contributed by atoms with Gasteiger partial charge in [-0.25, -0.2) is 8.78 Å². The average molecular weight is 340 g/mol. The zero-order valence-corrected chi connectivity index (χ0v) is 13.6. The Kier molecular flexibility index (Phi) is 4.73. The van der Waals surface area contributed by atoms with Gasteiger partial charge in [-0.05, 0) is 17.7 Å². The molecule has 1 amide bonds. The van der Waals surface area contributed by atoms with Crippen molar-refractivity contribution in [3.8, 4) is 5.75 Å². The van der Waals surface area contributed by atoms with Crippen LogP contribution in [0.2, 0.25) is 0 Å². The van der Waals surface area contributed by atoms with Gasteiger partial charge in [0.25, 0.3) is 5.92 Å². The van der Waals surface area contributed by atoms with Crippen LogP contribution in [0.5, 0.6) is 5.75 Å². The van der Waals surface area contributed by atoms with E-state index in [0.29, 0.717) is 13.1 Å². The van der Waals surface area contributed by atoms with E-state index in [4.69, 9.17) is 4.74 Å². The van der Waals surface area contributed by atoms with Crippen molar-refractivity contribution in [2.75, 3.05) is 33.4 Å². The van der Waals surface area contributed by atoms with Crippen LogP contribution in [0, 0.1) is 0 Å². The molecule has 1 atom stereocenters. The highest BCUT2D eigenvalue weighted by Gasteiger charge is 2.49. The molecular formula is C17H22F2N2O3. The standard InChI is InChI=1S/C17H22F2N2O3/c1-24-15-4-2-12(3-5-15)6-16(23)20-8-14(9-20)21-11-17(18,19)7-13(21)10-22/h2-5,13-14,22H,6-11H2,1H3/t13-/m0/s1. The summed E-state index contributed by atoms with van der Waals surface area (Å²) in [5, 5.41) is 9.28. The van der Waals surface area contributed by atoms with Crippen LogP contribution in [-0.2, 0) is 11.2 Å². The van der Waals surface area contributed by atoms with E-state index in [0.717, 1.165) is 11.3 Å². The second-order valence-corrected chi connectivity index (χ2v) is 6.55. The highest BCUT2D eigenvalue weighted by Crippen LogP contribution is 2.35. The third kappa shape index (κ3) is 3.52. The molecule has 1 N–H and O–H groups in total. The van der Waals surface area contributed by atoms with E-state index >= 15 is 0 Å². The number of alkyl halides is 2. The average Bonchev–Trinajstić information content (AvgIpc) is 2.81. The van der Waals surface area contributed by atoms with Gasteiger partial charge >= 0.3 is 0 Å². The van der Waals surface area contributed by atoms with E-state index in [1.807, 2.05) is 12.1 Å². The molecule has 0 spiro atoms. The fourth-order valence-corrected chi connectivity index (χ4v) is 3.42. The third-order valence-electron chi connectivity index (χ3n) is 4.83. The molecule has 0 bridgehead atoms. The number of halogens is 2. The summed E-state index contributed by atoms with van der Waals surface area (Å²) >= 11 is 0. The monoisotopic (exact) mass is 340 g/mol. The number of aliphatic hydroxyl groups is 1. The molecule has 0 aromatic heterocycles. The third-order valence-corrected chi connectivity index (χ3v) is 4.83. The van der Waals surface area contributed by atoms with Crippen molar-refractivity contribution in [1.82, 2.24) is 9.80 Å². The molecule has 2 heterocycles. The number of hydrogen-bond donors (Lipinski definition) is 1. The molecule has 132 valence electrons. The first-order valence-electron chi connectivity index (χ1n) is 8.07. The van der Waals surface area contributed by atoms with E-state index in [1.165, 1.54) is 0 Å². The molecule has 2 saturated heterocycles. The summed E-state index contributed by atoms with van der Waals surface area (Å²) in [6.07, 6.45) is -0.0178. The summed E-state index contributed by atoms with van der Waals surface area (Å²) in [6, 6.07) is 6.70. The maximum absolute atomic E-state index is 13.5. The van der Waals surface area contributed by atoms with Crippen LogP contribution < -0.4 is 4.74 Å². The minimum Gasteiger partial charge on any atom is -0.497 e. The molecule has 5 nitrogen and oxygen atoms in total. The van der Waals surface area contributed by atoms with Crippen LogP contribution in [0.1, 0.15) is 12.0 Å². The fourth-order valence-electron chi connectivity index (χ4n) is 3.42. The van der Waals surface area contributed by atoms with Gasteiger partial charge in [-0.2, -0.15) is 0 Å². The molecular weight excluding hydrogens is 318 g/mol. The zero-order valence-electron chi connectivity index (χ0n) is 13.6. The molecule has 24 heavy (non-hydrogen) atoms. The first-order valence-corrected chi connectivity index (χ1v) is 8.07. The first-order chi connectivity index (χ1) is 11.4. The number of likely N-dealkylation sites (tertiary alicyclic amines) is 2. The Hall–Kier alpha value is -1.73. The molecule has 0 radical (unpaired) electrons. The Bertz CT molecular complexity index is 588. The second kappa shape index (κ2) is 6.64. The lowest BCUT2D eigenvalue weighted by Gasteiger charge is -2.45. The molecule has 1 aromatic carbocycles. The van der Waals surface area contributed by atoms with Crippen molar-refractivity contribution in [1.29, 1.82) is 0 Å². The van der Waals surface area contributed by atoms with Crippen LogP contribution in [0.4, 0.5) is 8.78 Å². The lowest BCUT2D eigenvalue weighted by molar-refractivity contribution is -0.138. The highest BCUT2D eigenvalue weighted by molar-refractivity contribution is 5.79. The van der Waals surface area contributed by atoms with Gasteiger partial charge in [0.05, 0.1) is 26.7 Å². The van der Waals surface area contributed by atoms with Crippen molar-refractivity contribution in [2.45, 2.75) is 30.8 Å². The van der Waals surface area contributed by atoms with Crippen molar-refractivity contribution in [2.24, 2.45) is 0 Å².